The van der Waals surface area contributed by atoms with Crippen LogP contribution in [0.5, 0.6) is 0 Å². The number of rotatable bonds is 7. The van der Waals surface area contributed by atoms with Crippen molar-refractivity contribution >= 4 is 12.0 Å². The van der Waals surface area contributed by atoms with Gasteiger partial charge in [0.2, 0.25) is 0 Å². The van der Waals surface area contributed by atoms with Gasteiger partial charge < -0.3 is 9.47 Å². The molecule has 0 aliphatic heterocycles. The lowest BCUT2D eigenvalue weighted by Crippen LogP contribution is -1.98. The van der Waals surface area contributed by atoms with Crippen LogP contribution in [0.2, 0.25) is 0 Å². The summed E-state index contributed by atoms with van der Waals surface area (Å²) < 4.78 is 9.13. The second kappa shape index (κ2) is 45.5. The molecule has 0 spiro atoms. The van der Waals surface area contributed by atoms with Gasteiger partial charge in [-0.15, -0.1) is 12.3 Å². The second-order valence-electron chi connectivity index (χ2n) is 11.1. The molecule has 3 aliphatic carbocycles. The van der Waals surface area contributed by atoms with Crippen molar-refractivity contribution in [2.24, 2.45) is 17.8 Å². The molecular formula is C46H70O3. The Morgan fingerprint density at radius 1 is 0.898 bits per heavy atom. The summed E-state index contributed by atoms with van der Waals surface area (Å²) >= 11 is 0. The molecule has 0 saturated heterocycles. The molecule has 49 heavy (non-hydrogen) atoms. The van der Waals surface area contributed by atoms with E-state index in [1.165, 1.54) is 57.5 Å². The SMILES string of the molecule is C1=CC2CCC1C2.C1=CCCC1.C=C(C)C(=O)OC.C=C=C.C=CC.C=CC(=C)C.C=CC=C.C=COCC(C)C.C=Cc1ccccc1. The Bertz CT molecular complexity index is 1070. The van der Waals surface area contributed by atoms with Crippen molar-refractivity contribution < 1.29 is 14.3 Å². The van der Waals surface area contributed by atoms with Crippen molar-refractivity contribution in [3.05, 3.63) is 173 Å². The third-order valence-corrected chi connectivity index (χ3v) is 5.71. The van der Waals surface area contributed by atoms with Crippen molar-refractivity contribution in [3.8, 4) is 0 Å². The average Bonchev–Trinajstić information content (AvgIpc) is 3.93. The molecule has 0 amide bonds. The molecule has 1 aromatic carbocycles. The summed E-state index contributed by atoms with van der Waals surface area (Å²) in [6.45, 7) is 44.1. The highest BCUT2D eigenvalue weighted by atomic mass is 16.5. The van der Waals surface area contributed by atoms with Gasteiger partial charge in [0.05, 0.1) is 20.0 Å². The number of carbonyl (C=O) groups excluding carboxylic acids is 1. The predicted octanol–water partition coefficient (Wildman–Crippen LogP) is 13.8. The molecule has 1 aromatic rings. The molecule has 0 heterocycles. The minimum Gasteiger partial charge on any atom is -0.502 e. The fourth-order valence-electron chi connectivity index (χ4n) is 3.33. The molecule has 272 valence electrons. The molecule has 0 N–H and O–H groups in total. The van der Waals surface area contributed by atoms with E-state index in [1.807, 2.05) is 50.3 Å². The van der Waals surface area contributed by atoms with Crippen LogP contribution in [0.4, 0.5) is 0 Å². The number of esters is 1. The van der Waals surface area contributed by atoms with Crippen molar-refractivity contribution in [1.82, 2.24) is 0 Å². The number of allylic oxidation sites excluding steroid dienone is 9. The highest BCUT2D eigenvalue weighted by Gasteiger charge is 2.25. The molecule has 4 rings (SSSR count). The molecule has 3 heteroatoms. The van der Waals surface area contributed by atoms with Gasteiger partial charge in [0, 0.05) is 5.57 Å². The Morgan fingerprint density at radius 3 is 1.45 bits per heavy atom. The van der Waals surface area contributed by atoms with Crippen molar-refractivity contribution in [2.75, 3.05) is 13.7 Å². The molecule has 2 atom stereocenters. The second-order valence-corrected chi connectivity index (χ2v) is 11.1. The van der Waals surface area contributed by atoms with Gasteiger partial charge >= 0.3 is 5.97 Å². The Balaban J connectivity index is -0.000000151. The topological polar surface area (TPSA) is 35.5 Å². The molecule has 1 saturated carbocycles. The minimum absolute atomic E-state index is 0.347. The van der Waals surface area contributed by atoms with Crippen LogP contribution < -0.4 is 0 Å². The standard InChI is InChI=1S/C8H8.C7H10.C6H12O.C5H8O2.2C5H8.C4H6.C3H6.C3H4/c1-2-8-6-4-3-5-7-8;1-2-7-4-3-6(1)5-7;1-4-7-5-6(2)3;1-4(2)5(6)7-3;1-2-4-5-3-1;1-4-5(2)3;1-3-4-2;2*1-3-2/h2-7H,1H2;1-2,6-7H,3-5H2;4,6H,1,5H2,2-3H3;1H2,2-3H3;1-2H,3-5H2;4H,1-2H2,3H3;3-4H,1-2H2;3H,1H2,2H3;1-2H2. The van der Waals surface area contributed by atoms with E-state index in [2.05, 4.69) is 114 Å². The molecule has 1 fully saturated rings. The summed E-state index contributed by atoms with van der Waals surface area (Å²) in [5.41, 5.74) is 4.88. The first-order valence-electron chi connectivity index (χ1n) is 16.7. The number of methoxy groups -OCH3 is 1. The minimum atomic E-state index is -0.347. The maximum Gasteiger partial charge on any atom is 0.332 e. The number of ether oxygens (including phenoxy) is 2. The van der Waals surface area contributed by atoms with E-state index in [-0.39, 0.29) is 5.97 Å². The highest BCUT2D eigenvalue weighted by Crippen LogP contribution is 2.38. The number of hydrogen-bond donors (Lipinski definition) is 0. The molecule has 2 bridgehead atoms. The number of benzene rings is 1. The lowest BCUT2D eigenvalue weighted by Gasteiger charge is -2.00. The van der Waals surface area contributed by atoms with E-state index in [0.29, 0.717) is 11.5 Å². The highest BCUT2D eigenvalue weighted by molar-refractivity contribution is 5.86. The monoisotopic (exact) mass is 671 g/mol. The maximum atomic E-state index is 10.2. The third-order valence-electron chi connectivity index (χ3n) is 5.71. The fourth-order valence-corrected chi connectivity index (χ4v) is 3.33. The normalized spacial score (nSPS) is 13.9. The van der Waals surface area contributed by atoms with Crippen LogP contribution in [0.1, 0.15) is 78.7 Å². The van der Waals surface area contributed by atoms with Gasteiger partial charge in [-0.25, -0.2) is 4.79 Å². The van der Waals surface area contributed by atoms with Gasteiger partial charge in [-0.05, 0) is 82.6 Å². The van der Waals surface area contributed by atoms with Crippen molar-refractivity contribution in [2.45, 2.75) is 73.1 Å². The van der Waals surface area contributed by atoms with Crippen LogP contribution >= 0.6 is 0 Å². The van der Waals surface area contributed by atoms with E-state index in [1.54, 1.807) is 31.2 Å². The summed E-state index contributed by atoms with van der Waals surface area (Å²) in [6, 6.07) is 10.0. The molecule has 0 radical (unpaired) electrons. The summed E-state index contributed by atoms with van der Waals surface area (Å²) in [5.74, 6) is 2.24. The Kier molecular flexibility index (Phi) is 50.1. The van der Waals surface area contributed by atoms with Gasteiger partial charge in [0.25, 0.3) is 0 Å². The molecular weight excluding hydrogens is 601 g/mol. The van der Waals surface area contributed by atoms with Gasteiger partial charge in [-0.2, -0.15) is 0 Å². The van der Waals surface area contributed by atoms with Gasteiger partial charge in [0.1, 0.15) is 0 Å². The first-order valence-corrected chi connectivity index (χ1v) is 16.7. The quantitative estimate of drug-likeness (QED) is 0.0723. The Hall–Kier alpha value is -4.59. The van der Waals surface area contributed by atoms with Crippen LogP contribution in [-0.4, -0.2) is 19.7 Å². The molecule has 3 aliphatic rings. The van der Waals surface area contributed by atoms with E-state index < -0.39 is 0 Å². The van der Waals surface area contributed by atoms with Crippen molar-refractivity contribution in [3.63, 3.8) is 0 Å². The van der Waals surface area contributed by atoms with E-state index in [0.717, 1.165) is 24.0 Å². The molecule has 3 nitrogen and oxygen atoms in total. The number of fused-ring (bicyclic) bond motifs is 2. The van der Waals surface area contributed by atoms with E-state index in [9.17, 15) is 4.79 Å². The average molecular weight is 671 g/mol. The third kappa shape index (κ3) is 53.2. The zero-order valence-electron chi connectivity index (χ0n) is 32.1. The van der Waals surface area contributed by atoms with Gasteiger partial charge in [-0.1, -0.05) is 164 Å². The zero-order valence-corrected chi connectivity index (χ0v) is 32.1. The maximum absolute atomic E-state index is 10.2. The van der Waals surface area contributed by atoms with Crippen LogP contribution in [0.25, 0.3) is 6.08 Å². The number of carbonyl (C=O) groups is 1. The Labute approximate surface area is 303 Å². The summed E-state index contributed by atoms with van der Waals surface area (Å²) in [4.78, 5) is 10.2. The zero-order chi connectivity index (χ0) is 38.7. The smallest absolute Gasteiger partial charge is 0.332 e. The first kappa shape index (κ1) is 53.9. The fraction of sp³-hybridized carbons (Fsp3) is 0.348. The molecule has 0 aromatic heterocycles. The lowest BCUT2D eigenvalue weighted by atomic mass is 10.1. The summed E-state index contributed by atoms with van der Waals surface area (Å²) in [6.07, 6.45) is 27.7. The Morgan fingerprint density at radius 2 is 1.33 bits per heavy atom. The largest absolute Gasteiger partial charge is 0.502 e. The number of hydrogen-bond acceptors (Lipinski definition) is 3. The predicted molar refractivity (Wildman–Crippen MR) is 223 cm³/mol. The van der Waals surface area contributed by atoms with Crippen molar-refractivity contribution in [1.29, 1.82) is 0 Å². The first-order chi connectivity index (χ1) is 23.3. The van der Waals surface area contributed by atoms with E-state index >= 15 is 0 Å². The van der Waals surface area contributed by atoms with Crippen LogP contribution in [-0.2, 0) is 14.3 Å². The van der Waals surface area contributed by atoms with Gasteiger partial charge in [-0.3, -0.25) is 0 Å². The van der Waals surface area contributed by atoms with Gasteiger partial charge in [0.15, 0.2) is 0 Å². The van der Waals surface area contributed by atoms with E-state index in [4.69, 9.17) is 4.74 Å². The van der Waals surface area contributed by atoms with Crippen LogP contribution in [0.15, 0.2) is 168 Å². The summed E-state index contributed by atoms with van der Waals surface area (Å²) in [5, 5.41) is 0. The van der Waals surface area contributed by atoms with Crippen LogP contribution in [0, 0.1) is 17.8 Å². The lowest BCUT2D eigenvalue weighted by molar-refractivity contribution is -0.136. The molecule has 2 unspecified atom stereocenters. The summed E-state index contributed by atoms with van der Waals surface area (Å²) in [7, 11) is 1.33. The van der Waals surface area contributed by atoms with Crippen LogP contribution in [0.3, 0.4) is 0 Å².